The van der Waals surface area contributed by atoms with Crippen molar-refractivity contribution in [2.75, 3.05) is 27.2 Å². The number of piperidine rings is 2. The van der Waals surface area contributed by atoms with E-state index in [4.69, 9.17) is 18.9 Å². The highest BCUT2D eigenvalue weighted by molar-refractivity contribution is 5.73. The number of aliphatic hydroxyl groups is 2. The number of carbonyl (C=O) groups excluding carboxylic acids is 1. The van der Waals surface area contributed by atoms with Crippen LogP contribution in [0.1, 0.15) is 35.1 Å². The smallest absolute Gasteiger partial charge is 0.482 e. The van der Waals surface area contributed by atoms with Crippen molar-refractivity contribution in [2.45, 2.75) is 73.0 Å². The second kappa shape index (κ2) is 8.46. The standard InChI is InChI=1S/C35H36N2O7/c1-36-13-11-34-19-5-7-23(38)31(34)43-29-25(9-3-17(27(29)34)15-21(19)36)41-33(40)42-26-10-4-18-16-22-20-6-8-24(39)32-35(20,12-14-37(22)2)28(18)30(26)44-32/h3-10,19-24,31-32,38-39H,11-16H2,1-2H3/t19?,20?,21-,22-,23?,24?,31+,32+,34+,35+/m1/s1. The zero-order valence-electron chi connectivity index (χ0n) is 24.8. The monoisotopic (exact) mass is 596 g/mol. The molecule has 2 aromatic rings. The summed E-state index contributed by atoms with van der Waals surface area (Å²) in [6.07, 6.45) is 8.37. The number of hydrogen-bond acceptors (Lipinski definition) is 9. The first kappa shape index (κ1) is 25.9. The van der Waals surface area contributed by atoms with E-state index >= 15 is 0 Å². The van der Waals surface area contributed by atoms with Gasteiger partial charge in [-0.1, -0.05) is 36.4 Å². The minimum atomic E-state index is -0.871. The third kappa shape index (κ3) is 2.93. The van der Waals surface area contributed by atoms with Crippen LogP contribution in [0.3, 0.4) is 0 Å². The Balaban J connectivity index is 0.998. The first-order valence-electron chi connectivity index (χ1n) is 16.0. The molecule has 0 amide bonds. The predicted octanol–water partition coefficient (Wildman–Crippen LogP) is 2.88. The second-order valence-corrected chi connectivity index (χ2v) is 14.3. The summed E-state index contributed by atoms with van der Waals surface area (Å²) in [5, 5.41) is 22.1. The second-order valence-electron chi connectivity index (χ2n) is 14.3. The molecule has 4 aliphatic heterocycles. The van der Waals surface area contributed by atoms with Crippen LogP contribution >= 0.6 is 0 Å². The Labute approximate surface area is 255 Å². The van der Waals surface area contributed by atoms with Gasteiger partial charge in [-0.05, 0) is 76.1 Å². The lowest BCUT2D eigenvalue weighted by Gasteiger charge is -2.56. The highest BCUT2D eigenvalue weighted by Gasteiger charge is 2.66. The van der Waals surface area contributed by atoms with Gasteiger partial charge in [0.25, 0.3) is 0 Å². The molecule has 2 spiro atoms. The minimum Gasteiger partial charge on any atom is -0.482 e. The summed E-state index contributed by atoms with van der Waals surface area (Å²) in [4.78, 5) is 18.3. The van der Waals surface area contributed by atoms with Crippen LogP contribution in [0.5, 0.6) is 23.0 Å². The Morgan fingerprint density at radius 3 is 1.66 bits per heavy atom. The van der Waals surface area contributed by atoms with Gasteiger partial charge in [0.15, 0.2) is 23.0 Å². The van der Waals surface area contributed by atoms with Crippen molar-refractivity contribution in [3.8, 4) is 23.0 Å². The van der Waals surface area contributed by atoms with E-state index in [2.05, 4.69) is 36.0 Å². The number of aliphatic hydroxyl groups excluding tert-OH is 2. The zero-order valence-corrected chi connectivity index (χ0v) is 24.8. The summed E-state index contributed by atoms with van der Waals surface area (Å²) in [6.45, 7) is 1.83. The summed E-state index contributed by atoms with van der Waals surface area (Å²) < 4.78 is 24.9. The number of likely N-dealkylation sites (tertiary alicyclic amines) is 2. The van der Waals surface area contributed by atoms with Crippen LogP contribution in [-0.4, -0.2) is 89.9 Å². The lowest BCUT2D eigenvalue weighted by molar-refractivity contribution is -0.0454. The van der Waals surface area contributed by atoms with Gasteiger partial charge >= 0.3 is 6.16 Å². The van der Waals surface area contributed by atoms with Crippen LogP contribution in [0.4, 0.5) is 4.79 Å². The minimum absolute atomic E-state index is 0.221. The quantitative estimate of drug-likeness (QED) is 0.308. The predicted molar refractivity (Wildman–Crippen MR) is 158 cm³/mol. The van der Waals surface area contributed by atoms with Crippen LogP contribution in [0.25, 0.3) is 0 Å². The van der Waals surface area contributed by atoms with Crippen LogP contribution in [0, 0.1) is 11.8 Å². The highest BCUT2D eigenvalue weighted by Crippen LogP contribution is 2.64. The molecule has 10 rings (SSSR count). The van der Waals surface area contributed by atoms with Crippen molar-refractivity contribution in [3.63, 3.8) is 0 Å². The van der Waals surface area contributed by atoms with Gasteiger partial charge in [0, 0.05) is 45.9 Å². The van der Waals surface area contributed by atoms with Gasteiger partial charge < -0.3 is 39.0 Å². The molecule has 2 fully saturated rings. The molecule has 2 aromatic carbocycles. The summed E-state index contributed by atoms with van der Waals surface area (Å²) >= 11 is 0. The van der Waals surface area contributed by atoms with Crippen LogP contribution in [-0.2, 0) is 23.7 Å². The molecule has 10 atom stereocenters. The number of nitrogens with zero attached hydrogens (tertiary/aromatic N) is 2. The molecule has 9 nitrogen and oxygen atoms in total. The fourth-order valence-corrected chi connectivity index (χ4v) is 10.8. The molecule has 0 saturated carbocycles. The average Bonchev–Trinajstić information content (AvgIpc) is 3.55. The van der Waals surface area contributed by atoms with E-state index in [-0.39, 0.29) is 22.7 Å². The normalized spacial score (nSPS) is 41.4. The lowest BCUT2D eigenvalue weighted by Crippen LogP contribution is -2.64. The van der Waals surface area contributed by atoms with Crippen molar-refractivity contribution >= 4 is 6.16 Å². The fraction of sp³-hybridized carbons (Fsp3) is 0.514. The maximum atomic E-state index is 13.5. The van der Waals surface area contributed by atoms with Crippen molar-refractivity contribution < 1.29 is 34.0 Å². The molecule has 4 aliphatic carbocycles. The van der Waals surface area contributed by atoms with Gasteiger partial charge in [0.2, 0.25) is 0 Å². The molecular weight excluding hydrogens is 560 g/mol. The number of carbonyl (C=O) groups is 1. The first-order chi connectivity index (χ1) is 21.3. The van der Waals surface area contributed by atoms with Crippen LogP contribution in [0.2, 0.25) is 0 Å². The molecule has 0 aromatic heterocycles. The molecule has 2 saturated heterocycles. The first-order valence-corrected chi connectivity index (χ1v) is 16.0. The summed E-state index contributed by atoms with van der Waals surface area (Å²) in [7, 11) is 4.35. The van der Waals surface area contributed by atoms with Crippen molar-refractivity contribution in [1.82, 2.24) is 9.80 Å². The van der Waals surface area contributed by atoms with E-state index in [1.165, 1.54) is 11.1 Å². The Morgan fingerprint density at radius 2 is 1.20 bits per heavy atom. The number of likely N-dealkylation sites (N-methyl/N-ethyl adjacent to an activating group) is 2. The topological polar surface area (TPSA) is 101 Å². The van der Waals surface area contributed by atoms with Gasteiger partial charge in [0.1, 0.15) is 24.4 Å². The molecule has 8 aliphatic rings. The van der Waals surface area contributed by atoms with Crippen LogP contribution < -0.4 is 18.9 Å². The van der Waals surface area contributed by atoms with E-state index < -0.39 is 30.6 Å². The molecule has 44 heavy (non-hydrogen) atoms. The maximum absolute atomic E-state index is 13.5. The van der Waals surface area contributed by atoms with Crippen LogP contribution in [0.15, 0.2) is 48.6 Å². The average molecular weight is 597 g/mol. The molecular formula is C35H36N2O7. The van der Waals surface area contributed by atoms with E-state index in [1.54, 1.807) is 12.1 Å². The van der Waals surface area contributed by atoms with Crippen molar-refractivity contribution in [1.29, 1.82) is 0 Å². The number of rotatable bonds is 2. The van der Waals surface area contributed by atoms with Gasteiger partial charge in [-0.3, -0.25) is 0 Å². The maximum Gasteiger partial charge on any atom is 0.519 e. The van der Waals surface area contributed by atoms with Crippen molar-refractivity contribution in [2.24, 2.45) is 11.8 Å². The molecule has 228 valence electrons. The van der Waals surface area contributed by atoms with E-state index in [0.29, 0.717) is 35.1 Å². The molecule has 4 unspecified atom stereocenters. The van der Waals surface area contributed by atoms with Gasteiger partial charge in [-0.25, -0.2) is 4.79 Å². The number of hydrogen-bond donors (Lipinski definition) is 2. The third-order valence-corrected chi connectivity index (χ3v) is 12.7. The summed E-state index contributed by atoms with van der Waals surface area (Å²) in [5.74, 6) is 2.15. The largest absolute Gasteiger partial charge is 0.519 e. The molecule has 2 N–H and O–H groups in total. The highest BCUT2D eigenvalue weighted by atomic mass is 16.7. The third-order valence-electron chi connectivity index (χ3n) is 12.7. The zero-order chi connectivity index (χ0) is 29.7. The van der Waals surface area contributed by atoms with E-state index in [1.807, 2.05) is 24.3 Å². The van der Waals surface area contributed by atoms with Gasteiger partial charge in [-0.2, -0.15) is 0 Å². The number of ether oxygens (including phenoxy) is 4. The Kier molecular flexibility index (Phi) is 4.98. The molecule has 9 heteroatoms. The fourth-order valence-electron chi connectivity index (χ4n) is 10.8. The van der Waals surface area contributed by atoms with Gasteiger partial charge in [0.05, 0.1) is 0 Å². The van der Waals surface area contributed by atoms with Crippen molar-refractivity contribution in [3.05, 3.63) is 70.8 Å². The molecule has 0 radical (unpaired) electrons. The number of benzene rings is 2. The van der Waals surface area contributed by atoms with E-state index in [9.17, 15) is 15.0 Å². The Bertz CT molecular complexity index is 1580. The summed E-state index contributed by atoms with van der Waals surface area (Å²) in [5.41, 5.74) is 3.85. The summed E-state index contributed by atoms with van der Waals surface area (Å²) in [6, 6.07) is 8.33. The Morgan fingerprint density at radius 1 is 0.750 bits per heavy atom. The van der Waals surface area contributed by atoms with E-state index in [0.717, 1.165) is 49.9 Å². The lowest BCUT2D eigenvalue weighted by atomic mass is 9.53. The molecule has 4 bridgehead atoms. The Hall–Kier alpha value is -3.37. The SMILES string of the molecule is CN1CC[C@]23c4c5ccc(OC(=O)Oc6ccc7c8c6O[C@H]6C(O)C=CC9[C@@H](C7)N(C)CC[C@@]896)c4O[C@H]2C(O)C=CC3[C@H]1C5. The molecule has 4 heterocycles. The van der Waals surface area contributed by atoms with Gasteiger partial charge in [-0.15, -0.1) is 0 Å².